The number of halogens is 2. The first-order chi connectivity index (χ1) is 9.99. The van der Waals surface area contributed by atoms with Gasteiger partial charge >= 0.3 is 0 Å². The highest BCUT2D eigenvalue weighted by atomic mass is 19.2. The van der Waals surface area contributed by atoms with E-state index in [1.54, 1.807) is 0 Å². The Morgan fingerprint density at radius 2 is 2.05 bits per heavy atom. The fraction of sp³-hybridized carbons (Fsp3) is 0.571. The molecule has 1 aliphatic heterocycles. The number of nitrogens with zero attached hydrogens (tertiary/aromatic N) is 2. The molecule has 7 heteroatoms. The van der Waals surface area contributed by atoms with Crippen LogP contribution in [0.3, 0.4) is 0 Å². The lowest BCUT2D eigenvalue weighted by Gasteiger charge is -2.21. The van der Waals surface area contributed by atoms with Crippen LogP contribution in [0.25, 0.3) is 0 Å². The van der Waals surface area contributed by atoms with Gasteiger partial charge in [0.2, 0.25) is 0 Å². The van der Waals surface area contributed by atoms with Crippen molar-refractivity contribution in [2.45, 2.75) is 19.8 Å². The molecule has 0 bridgehead atoms. The van der Waals surface area contributed by atoms with Gasteiger partial charge in [-0.1, -0.05) is 6.92 Å². The van der Waals surface area contributed by atoms with E-state index in [1.165, 1.54) is 12.8 Å². The predicted molar refractivity (Wildman–Crippen MR) is 76.3 cm³/mol. The van der Waals surface area contributed by atoms with Gasteiger partial charge in [0.25, 0.3) is 5.69 Å². The van der Waals surface area contributed by atoms with Crippen molar-refractivity contribution in [1.29, 1.82) is 0 Å². The maximum atomic E-state index is 13.7. The lowest BCUT2D eigenvalue weighted by molar-refractivity contribution is -0.384. The van der Waals surface area contributed by atoms with E-state index < -0.39 is 22.2 Å². The summed E-state index contributed by atoms with van der Waals surface area (Å²) in [6, 6.07) is 1.75. The summed E-state index contributed by atoms with van der Waals surface area (Å²) in [5, 5.41) is 13.6. The quantitative estimate of drug-likeness (QED) is 0.648. The van der Waals surface area contributed by atoms with Crippen molar-refractivity contribution in [1.82, 2.24) is 4.90 Å². The van der Waals surface area contributed by atoms with Crippen LogP contribution in [0, 0.1) is 27.7 Å². The van der Waals surface area contributed by atoms with Crippen LogP contribution in [0.1, 0.15) is 19.8 Å². The standard InChI is InChI=1S/C14H19F2N3O2/c1-10(9-18-6-2-3-7-18)8-17-14-12(19(20)21)5-4-11(15)13(14)16/h4-5,10,17H,2-3,6-9H2,1H3. The number of nitrogens with one attached hydrogen (secondary N) is 1. The smallest absolute Gasteiger partial charge is 0.295 e. The molecule has 1 aliphatic rings. The Kier molecular flexibility index (Phi) is 5.06. The molecule has 1 unspecified atom stereocenters. The molecule has 116 valence electrons. The normalized spacial score (nSPS) is 16.9. The molecular weight excluding hydrogens is 280 g/mol. The van der Waals surface area contributed by atoms with Crippen LogP contribution in [-0.4, -0.2) is 36.0 Å². The van der Waals surface area contributed by atoms with Gasteiger partial charge in [-0.15, -0.1) is 0 Å². The van der Waals surface area contributed by atoms with Crippen LogP contribution in [0.15, 0.2) is 12.1 Å². The summed E-state index contributed by atoms with van der Waals surface area (Å²) in [5.41, 5.74) is -0.810. The molecule has 2 rings (SSSR count). The molecular formula is C14H19F2N3O2. The number of anilines is 1. The van der Waals surface area contributed by atoms with E-state index in [4.69, 9.17) is 0 Å². The van der Waals surface area contributed by atoms with E-state index in [9.17, 15) is 18.9 Å². The van der Waals surface area contributed by atoms with Gasteiger partial charge in [0.05, 0.1) is 4.92 Å². The van der Waals surface area contributed by atoms with Gasteiger partial charge in [0.1, 0.15) is 0 Å². The minimum Gasteiger partial charge on any atom is -0.377 e. The summed E-state index contributed by atoms with van der Waals surface area (Å²) in [7, 11) is 0. The number of nitro benzene ring substituents is 1. The number of hydrogen-bond donors (Lipinski definition) is 1. The maximum Gasteiger partial charge on any atom is 0.295 e. The molecule has 1 N–H and O–H groups in total. The highest BCUT2D eigenvalue weighted by Crippen LogP contribution is 2.29. The van der Waals surface area contributed by atoms with Crippen LogP contribution in [-0.2, 0) is 0 Å². The van der Waals surface area contributed by atoms with E-state index in [1.807, 2.05) is 6.92 Å². The molecule has 0 amide bonds. The molecule has 0 radical (unpaired) electrons. The fourth-order valence-electron chi connectivity index (χ4n) is 2.61. The van der Waals surface area contributed by atoms with E-state index >= 15 is 0 Å². The Labute approximate surface area is 122 Å². The van der Waals surface area contributed by atoms with E-state index in [-0.39, 0.29) is 11.6 Å². The Morgan fingerprint density at radius 3 is 2.67 bits per heavy atom. The number of hydrogen-bond acceptors (Lipinski definition) is 4. The van der Waals surface area contributed by atoms with Gasteiger partial charge in [0.15, 0.2) is 17.3 Å². The van der Waals surface area contributed by atoms with E-state index in [2.05, 4.69) is 10.2 Å². The summed E-state index contributed by atoms with van der Waals surface area (Å²) in [5.74, 6) is -2.10. The van der Waals surface area contributed by atoms with Crippen LogP contribution in [0.4, 0.5) is 20.2 Å². The third kappa shape index (κ3) is 3.87. The maximum absolute atomic E-state index is 13.7. The lowest BCUT2D eigenvalue weighted by atomic mass is 10.1. The Hall–Kier alpha value is -1.76. The van der Waals surface area contributed by atoms with Gasteiger partial charge in [-0.25, -0.2) is 8.78 Å². The Morgan fingerprint density at radius 1 is 1.38 bits per heavy atom. The van der Waals surface area contributed by atoms with Crippen molar-refractivity contribution in [2.75, 3.05) is 31.5 Å². The van der Waals surface area contributed by atoms with Crippen molar-refractivity contribution in [3.05, 3.63) is 33.9 Å². The summed E-state index contributed by atoms with van der Waals surface area (Å²) >= 11 is 0. The van der Waals surface area contributed by atoms with Crippen molar-refractivity contribution in [2.24, 2.45) is 5.92 Å². The molecule has 1 atom stereocenters. The molecule has 0 aromatic heterocycles. The molecule has 1 saturated heterocycles. The molecule has 0 saturated carbocycles. The number of nitro groups is 1. The van der Waals surface area contributed by atoms with Crippen LogP contribution < -0.4 is 5.32 Å². The molecule has 5 nitrogen and oxygen atoms in total. The van der Waals surface area contributed by atoms with Crippen molar-refractivity contribution < 1.29 is 13.7 Å². The van der Waals surface area contributed by atoms with E-state index in [0.717, 1.165) is 31.8 Å². The molecule has 21 heavy (non-hydrogen) atoms. The van der Waals surface area contributed by atoms with Crippen molar-refractivity contribution in [3.8, 4) is 0 Å². The third-order valence-electron chi connectivity index (χ3n) is 3.67. The Balaban J connectivity index is 2.01. The number of rotatable bonds is 6. The van der Waals surface area contributed by atoms with Crippen molar-refractivity contribution >= 4 is 11.4 Å². The molecule has 1 heterocycles. The fourth-order valence-corrected chi connectivity index (χ4v) is 2.61. The molecule has 1 aromatic rings. The topological polar surface area (TPSA) is 58.4 Å². The zero-order valence-corrected chi connectivity index (χ0v) is 11.9. The van der Waals surface area contributed by atoms with Gasteiger partial charge in [-0.3, -0.25) is 10.1 Å². The second-order valence-electron chi connectivity index (χ2n) is 5.51. The minimum atomic E-state index is -1.20. The second-order valence-corrected chi connectivity index (χ2v) is 5.51. The van der Waals surface area contributed by atoms with Gasteiger partial charge < -0.3 is 10.2 Å². The second kappa shape index (κ2) is 6.80. The SMILES string of the molecule is CC(CNc1c([N+](=O)[O-])ccc(F)c1F)CN1CCCC1. The average molecular weight is 299 g/mol. The summed E-state index contributed by atoms with van der Waals surface area (Å²) < 4.78 is 27.0. The zero-order valence-electron chi connectivity index (χ0n) is 11.9. The predicted octanol–water partition coefficient (Wildman–Crippen LogP) is 3.02. The number of benzene rings is 1. The van der Waals surface area contributed by atoms with Gasteiger partial charge in [-0.2, -0.15) is 0 Å². The average Bonchev–Trinajstić information content (AvgIpc) is 2.92. The molecule has 0 spiro atoms. The molecule has 0 aliphatic carbocycles. The first-order valence-electron chi connectivity index (χ1n) is 7.07. The Bertz CT molecular complexity index is 519. The zero-order chi connectivity index (χ0) is 15.4. The number of likely N-dealkylation sites (tertiary alicyclic amines) is 1. The van der Waals surface area contributed by atoms with Gasteiger partial charge in [0, 0.05) is 19.2 Å². The minimum absolute atomic E-state index is 0.186. The van der Waals surface area contributed by atoms with Gasteiger partial charge in [-0.05, 0) is 37.9 Å². The molecule has 1 fully saturated rings. The highest BCUT2D eigenvalue weighted by Gasteiger charge is 2.22. The monoisotopic (exact) mass is 299 g/mol. The highest BCUT2D eigenvalue weighted by molar-refractivity contribution is 5.62. The van der Waals surface area contributed by atoms with Crippen LogP contribution in [0.2, 0.25) is 0 Å². The first-order valence-corrected chi connectivity index (χ1v) is 7.07. The largest absolute Gasteiger partial charge is 0.377 e. The first kappa shape index (κ1) is 15.6. The van der Waals surface area contributed by atoms with Crippen LogP contribution >= 0.6 is 0 Å². The molecule has 1 aromatic carbocycles. The lowest BCUT2D eigenvalue weighted by Crippen LogP contribution is -2.29. The van der Waals surface area contributed by atoms with E-state index in [0.29, 0.717) is 6.54 Å². The van der Waals surface area contributed by atoms with Crippen LogP contribution in [0.5, 0.6) is 0 Å². The summed E-state index contributed by atoms with van der Waals surface area (Å²) in [6.45, 7) is 5.29. The van der Waals surface area contributed by atoms with Crippen molar-refractivity contribution in [3.63, 3.8) is 0 Å². The third-order valence-corrected chi connectivity index (χ3v) is 3.67. The summed E-state index contributed by atoms with van der Waals surface area (Å²) in [6.07, 6.45) is 2.37. The summed E-state index contributed by atoms with van der Waals surface area (Å²) in [4.78, 5) is 12.5.